The van der Waals surface area contributed by atoms with Crippen LogP contribution < -0.4 is 15.8 Å². The molecule has 4 nitrogen and oxygen atoms in total. The number of nitrogens with one attached hydrogen (secondary N) is 1. The van der Waals surface area contributed by atoms with Gasteiger partial charge in [0.1, 0.15) is 0 Å². The first-order chi connectivity index (χ1) is 7.67. The van der Waals surface area contributed by atoms with Gasteiger partial charge in [0, 0.05) is 6.54 Å². The van der Waals surface area contributed by atoms with Crippen molar-refractivity contribution in [3.05, 3.63) is 29.6 Å². The highest BCUT2D eigenvalue weighted by atomic mass is 35.5. The molecule has 0 aliphatic heterocycles. The van der Waals surface area contributed by atoms with E-state index in [0.717, 1.165) is 5.56 Å². The molecule has 1 rings (SSSR count). The third kappa shape index (κ3) is 5.01. The zero-order valence-electron chi connectivity index (χ0n) is 9.53. The van der Waals surface area contributed by atoms with Crippen LogP contribution in [0.15, 0.2) is 18.2 Å². The average Bonchev–Trinajstić information content (AvgIpc) is 2.29. The van der Waals surface area contributed by atoms with E-state index in [1.54, 1.807) is 12.1 Å². The summed E-state index contributed by atoms with van der Waals surface area (Å²) in [4.78, 5) is 10.8. The molecule has 0 aliphatic rings. The van der Waals surface area contributed by atoms with Gasteiger partial charge in [-0.1, -0.05) is 6.07 Å². The fraction of sp³-hybridized carbons (Fsp3) is 0.364. The van der Waals surface area contributed by atoms with Crippen LogP contribution in [0.4, 0.5) is 4.39 Å². The van der Waals surface area contributed by atoms with Gasteiger partial charge in [-0.2, -0.15) is 0 Å². The van der Waals surface area contributed by atoms with Crippen LogP contribution in [0.2, 0.25) is 0 Å². The first kappa shape index (κ1) is 15.7. The van der Waals surface area contributed by atoms with Gasteiger partial charge in [0.25, 0.3) is 0 Å². The number of carbonyl (C=O) groups is 1. The third-order valence-electron chi connectivity index (χ3n) is 2.14. The number of halogens is 2. The Kier molecular flexibility index (Phi) is 7.25. The average molecular weight is 263 g/mol. The Morgan fingerprint density at radius 1 is 1.53 bits per heavy atom. The van der Waals surface area contributed by atoms with Crippen molar-refractivity contribution in [3.63, 3.8) is 0 Å². The SMILES string of the molecule is COc1ccc(CCNC(=O)CN)cc1F.Cl. The Labute approximate surface area is 106 Å². The molecule has 0 aromatic heterocycles. The Hall–Kier alpha value is -1.33. The Bertz CT molecular complexity index is 374. The summed E-state index contributed by atoms with van der Waals surface area (Å²) in [6.45, 7) is 0.415. The maximum atomic E-state index is 13.3. The lowest BCUT2D eigenvalue weighted by Crippen LogP contribution is -2.31. The van der Waals surface area contributed by atoms with Crippen molar-refractivity contribution >= 4 is 18.3 Å². The molecule has 1 amide bonds. The topological polar surface area (TPSA) is 64.3 Å². The van der Waals surface area contributed by atoms with E-state index in [2.05, 4.69) is 5.32 Å². The van der Waals surface area contributed by atoms with Crippen LogP contribution in [0.5, 0.6) is 5.75 Å². The van der Waals surface area contributed by atoms with E-state index >= 15 is 0 Å². The van der Waals surface area contributed by atoms with E-state index < -0.39 is 5.82 Å². The quantitative estimate of drug-likeness (QED) is 0.828. The Morgan fingerprint density at radius 2 is 2.24 bits per heavy atom. The monoisotopic (exact) mass is 262 g/mol. The number of amides is 1. The van der Waals surface area contributed by atoms with Crippen molar-refractivity contribution < 1.29 is 13.9 Å². The van der Waals surface area contributed by atoms with Crippen molar-refractivity contribution in [1.82, 2.24) is 5.32 Å². The van der Waals surface area contributed by atoms with E-state index in [4.69, 9.17) is 10.5 Å². The molecule has 0 heterocycles. The van der Waals surface area contributed by atoms with Crippen LogP contribution in [-0.2, 0) is 11.2 Å². The van der Waals surface area contributed by atoms with E-state index in [1.165, 1.54) is 13.2 Å². The number of hydrogen-bond donors (Lipinski definition) is 2. The predicted octanol–water partition coefficient (Wildman–Crippen LogP) is 0.874. The molecule has 0 atom stereocenters. The van der Waals surface area contributed by atoms with Gasteiger partial charge in [-0.3, -0.25) is 4.79 Å². The lowest BCUT2D eigenvalue weighted by molar-refractivity contribution is -0.119. The fourth-order valence-corrected chi connectivity index (χ4v) is 1.28. The first-order valence-corrected chi connectivity index (χ1v) is 4.96. The highest BCUT2D eigenvalue weighted by Crippen LogP contribution is 2.17. The zero-order valence-corrected chi connectivity index (χ0v) is 10.3. The van der Waals surface area contributed by atoms with Crippen molar-refractivity contribution in [2.24, 2.45) is 5.73 Å². The van der Waals surface area contributed by atoms with Crippen LogP contribution in [0.3, 0.4) is 0 Å². The van der Waals surface area contributed by atoms with Gasteiger partial charge >= 0.3 is 0 Å². The number of rotatable bonds is 5. The molecule has 0 spiro atoms. The number of carbonyl (C=O) groups excluding carboxylic acids is 1. The number of benzene rings is 1. The van der Waals surface area contributed by atoms with E-state index in [-0.39, 0.29) is 30.6 Å². The highest BCUT2D eigenvalue weighted by Gasteiger charge is 2.03. The van der Waals surface area contributed by atoms with E-state index in [0.29, 0.717) is 13.0 Å². The van der Waals surface area contributed by atoms with Gasteiger partial charge in [-0.05, 0) is 24.1 Å². The standard InChI is InChI=1S/C11H15FN2O2.ClH/c1-16-10-3-2-8(6-9(10)12)4-5-14-11(15)7-13;/h2-3,6H,4-5,7,13H2,1H3,(H,14,15);1H. The van der Waals surface area contributed by atoms with Crippen LogP contribution in [0.1, 0.15) is 5.56 Å². The predicted molar refractivity (Wildman–Crippen MR) is 66.0 cm³/mol. The van der Waals surface area contributed by atoms with Gasteiger partial charge in [0.2, 0.25) is 5.91 Å². The second-order valence-corrected chi connectivity index (χ2v) is 3.27. The number of ether oxygens (including phenoxy) is 1. The summed E-state index contributed by atoms with van der Waals surface area (Å²) in [5.74, 6) is -0.395. The van der Waals surface area contributed by atoms with Gasteiger partial charge in [0.15, 0.2) is 11.6 Å². The van der Waals surface area contributed by atoms with Crippen LogP contribution in [0, 0.1) is 5.82 Å². The van der Waals surface area contributed by atoms with Crippen molar-refractivity contribution in [3.8, 4) is 5.75 Å². The maximum absolute atomic E-state index is 13.3. The summed E-state index contributed by atoms with van der Waals surface area (Å²) in [5.41, 5.74) is 5.93. The van der Waals surface area contributed by atoms with Gasteiger partial charge in [-0.15, -0.1) is 12.4 Å². The number of methoxy groups -OCH3 is 1. The summed E-state index contributed by atoms with van der Waals surface area (Å²) in [5, 5.41) is 2.61. The smallest absolute Gasteiger partial charge is 0.233 e. The largest absolute Gasteiger partial charge is 0.494 e. The van der Waals surface area contributed by atoms with Crippen LogP contribution in [-0.4, -0.2) is 26.1 Å². The molecule has 0 unspecified atom stereocenters. The number of nitrogens with two attached hydrogens (primary N) is 1. The minimum Gasteiger partial charge on any atom is -0.494 e. The van der Waals surface area contributed by atoms with Crippen LogP contribution in [0.25, 0.3) is 0 Å². The molecule has 96 valence electrons. The molecule has 1 aromatic carbocycles. The maximum Gasteiger partial charge on any atom is 0.233 e. The fourth-order valence-electron chi connectivity index (χ4n) is 1.28. The summed E-state index contributed by atoms with van der Waals surface area (Å²) in [6, 6.07) is 4.72. The zero-order chi connectivity index (χ0) is 12.0. The van der Waals surface area contributed by atoms with Gasteiger partial charge < -0.3 is 15.8 Å². The molecule has 3 N–H and O–H groups in total. The molecule has 0 radical (unpaired) electrons. The normalized spacial score (nSPS) is 9.35. The molecule has 17 heavy (non-hydrogen) atoms. The molecular weight excluding hydrogens is 247 g/mol. The summed E-state index contributed by atoms with van der Waals surface area (Å²) in [6.07, 6.45) is 0.562. The van der Waals surface area contributed by atoms with Gasteiger partial charge in [0.05, 0.1) is 13.7 Å². The molecule has 0 aliphatic carbocycles. The molecule has 6 heteroatoms. The first-order valence-electron chi connectivity index (χ1n) is 4.96. The molecule has 0 saturated heterocycles. The van der Waals surface area contributed by atoms with Crippen molar-refractivity contribution in [1.29, 1.82) is 0 Å². The summed E-state index contributed by atoms with van der Waals surface area (Å²) >= 11 is 0. The summed E-state index contributed by atoms with van der Waals surface area (Å²) in [7, 11) is 1.42. The molecule has 1 aromatic rings. The molecule has 0 saturated carbocycles. The van der Waals surface area contributed by atoms with Crippen molar-refractivity contribution in [2.75, 3.05) is 20.2 Å². The van der Waals surface area contributed by atoms with Crippen LogP contribution >= 0.6 is 12.4 Å². The second kappa shape index (κ2) is 7.86. The van der Waals surface area contributed by atoms with Crippen molar-refractivity contribution in [2.45, 2.75) is 6.42 Å². The third-order valence-corrected chi connectivity index (χ3v) is 2.14. The highest BCUT2D eigenvalue weighted by molar-refractivity contribution is 5.85. The Balaban J connectivity index is 0.00000256. The minimum absolute atomic E-state index is 0. The summed E-state index contributed by atoms with van der Waals surface area (Å²) < 4.78 is 18.1. The minimum atomic E-state index is -0.398. The van der Waals surface area contributed by atoms with E-state index in [9.17, 15) is 9.18 Å². The molecular formula is C11H16ClFN2O2. The lowest BCUT2D eigenvalue weighted by atomic mass is 10.1. The number of hydrogen-bond acceptors (Lipinski definition) is 3. The lowest BCUT2D eigenvalue weighted by Gasteiger charge is -2.06. The molecule has 0 bridgehead atoms. The Morgan fingerprint density at radius 3 is 2.76 bits per heavy atom. The van der Waals surface area contributed by atoms with Gasteiger partial charge in [-0.25, -0.2) is 4.39 Å². The second-order valence-electron chi connectivity index (χ2n) is 3.27. The molecule has 0 fully saturated rings. The van der Waals surface area contributed by atoms with E-state index in [1.807, 2.05) is 0 Å².